The van der Waals surface area contributed by atoms with Crippen molar-refractivity contribution < 1.29 is 4.79 Å². The molecule has 0 aliphatic carbocycles. The summed E-state index contributed by atoms with van der Waals surface area (Å²) in [7, 11) is 0. The van der Waals surface area contributed by atoms with E-state index >= 15 is 0 Å². The average Bonchev–Trinajstić information content (AvgIpc) is 3.20. The summed E-state index contributed by atoms with van der Waals surface area (Å²) in [6.45, 7) is 10.4. The highest BCUT2D eigenvalue weighted by atomic mass is 35.5. The van der Waals surface area contributed by atoms with E-state index in [0.717, 1.165) is 28.2 Å². The van der Waals surface area contributed by atoms with Gasteiger partial charge >= 0.3 is 0 Å². The Morgan fingerprint density at radius 1 is 1.03 bits per heavy atom. The van der Waals surface area contributed by atoms with Gasteiger partial charge in [-0.15, -0.1) is 0 Å². The summed E-state index contributed by atoms with van der Waals surface area (Å²) >= 11 is 7.54. The Hall–Kier alpha value is -2.76. The lowest BCUT2D eigenvalue weighted by Crippen LogP contribution is -2.19. The van der Waals surface area contributed by atoms with E-state index in [9.17, 15) is 4.79 Å². The maximum Gasteiger partial charge on any atom is 0.264 e. The fourth-order valence-corrected chi connectivity index (χ4v) is 4.73. The molecule has 6 heteroatoms. The second kappa shape index (κ2) is 8.40. The number of aryl methyl sites for hydroxylation is 2. The molecule has 1 aromatic heterocycles. The highest BCUT2D eigenvalue weighted by Gasteiger charge is 2.25. The number of benzene rings is 2. The molecular formula is C25H24ClN3OS. The number of aromatic nitrogens is 1. The molecule has 1 aliphatic heterocycles. The maximum atomic E-state index is 12.6. The Morgan fingerprint density at radius 3 is 2.55 bits per heavy atom. The molecule has 3 aromatic rings. The molecule has 31 heavy (non-hydrogen) atoms. The number of aliphatic imine (C=N–C) groups is 1. The summed E-state index contributed by atoms with van der Waals surface area (Å²) in [4.78, 5) is 17.8. The van der Waals surface area contributed by atoms with E-state index in [1.165, 1.54) is 28.6 Å². The molecule has 1 saturated heterocycles. The van der Waals surface area contributed by atoms with Crippen LogP contribution in [0.3, 0.4) is 0 Å². The third-order valence-electron chi connectivity index (χ3n) is 5.69. The Bertz CT molecular complexity index is 1270. The quantitative estimate of drug-likeness (QED) is 0.460. The molecule has 0 spiro atoms. The van der Waals surface area contributed by atoms with E-state index in [-0.39, 0.29) is 5.91 Å². The van der Waals surface area contributed by atoms with Gasteiger partial charge in [-0.3, -0.25) is 4.79 Å². The van der Waals surface area contributed by atoms with Crippen LogP contribution in [0.25, 0.3) is 11.8 Å². The number of carbonyl (C=O) groups excluding carboxylic acids is 1. The summed E-state index contributed by atoms with van der Waals surface area (Å²) in [5.74, 6) is -0.139. The molecular weight excluding hydrogens is 426 g/mol. The van der Waals surface area contributed by atoms with Crippen LogP contribution in [0.15, 0.2) is 52.4 Å². The lowest BCUT2D eigenvalue weighted by molar-refractivity contribution is -0.115. The Morgan fingerprint density at radius 2 is 1.77 bits per heavy atom. The number of amidine groups is 1. The first-order valence-electron chi connectivity index (χ1n) is 10.1. The first-order chi connectivity index (χ1) is 14.8. The fraction of sp³-hybridized carbons (Fsp3) is 0.200. The van der Waals surface area contributed by atoms with Gasteiger partial charge in [0.05, 0.1) is 10.6 Å². The Kier molecular flexibility index (Phi) is 5.82. The van der Waals surface area contributed by atoms with E-state index in [1.54, 1.807) is 0 Å². The molecule has 0 unspecified atom stereocenters. The number of amides is 1. The molecule has 0 atom stereocenters. The van der Waals surface area contributed by atoms with Gasteiger partial charge in [-0.2, -0.15) is 0 Å². The van der Waals surface area contributed by atoms with Crippen molar-refractivity contribution >= 4 is 46.2 Å². The number of hydrogen-bond acceptors (Lipinski definition) is 3. The lowest BCUT2D eigenvalue weighted by atomic mass is 10.1. The van der Waals surface area contributed by atoms with Crippen molar-refractivity contribution in [3.05, 3.63) is 86.0 Å². The van der Waals surface area contributed by atoms with Gasteiger partial charge < -0.3 is 9.88 Å². The minimum atomic E-state index is -0.139. The molecule has 4 rings (SSSR count). The molecule has 0 saturated carbocycles. The van der Waals surface area contributed by atoms with Gasteiger partial charge in [0.1, 0.15) is 0 Å². The smallest absolute Gasteiger partial charge is 0.264 e. The van der Waals surface area contributed by atoms with Crippen LogP contribution in [-0.2, 0) is 4.79 Å². The number of nitrogens with zero attached hydrogens (tertiary/aromatic N) is 2. The predicted molar refractivity (Wildman–Crippen MR) is 132 cm³/mol. The van der Waals surface area contributed by atoms with Crippen LogP contribution < -0.4 is 5.32 Å². The van der Waals surface area contributed by atoms with Gasteiger partial charge in [0.25, 0.3) is 5.91 Å². The second-order valence-electron chi connectivity index (χ2n) is 7.75. The number of hydrogen-bond donors (Lipinski definition) is 1. The van der Waals surface area contributed by atoms with Crippen LogP contribution in [0.4, 0.5) is 5.69 Å². The van der Waals surface area contributed by atoms with Crippen LogP contribution in [0, 0.1) is 34.6 Å². The van der Waals surface area contributed by atoms with Crippen molar-refractivity contribution in [1.82, 2.24) is 9.88 Å². The van der Waals surface area contributed by atoms with Crippen LogP contribution in [0.5, 0.6) is 0 Å². The number of carbonyl (C=O) groups is 1. The number of rotatable bonds is 3. The van der Waals surface area contributed by atoms with Crippen LogP contribution in [0.2, 0.25) is 5.02 Å². The van der Waals surface area contributed by atoms with Crippen LogP contribution in [-0.4, -0.2) is 15.6 Å². The SMILES string of the molecule is Cc1cccc(-n2c(C)cc(/C=C3\SC(=Nc4cccc(Cl)c4C)NC3=O)c2C)c1C. The molecule has 1 fully saturated rings. The Labute approximate surface area is 192 Å². The minimum Gasteiger partial charge on any atom is -0.318 e. The largest absolute Gasteiger partial charge is 0.318 e. The van der Waals surface area contributed by atoms with Crippen molar-refractivity contribution in [2.45, 2.75) is 34.6 Å². The zero-order valence-electron chi connectivity index (χ0n) is 18.2. The zero-order chi connectivity index (χ0) is 22.3. The second-order valence-corrected chi connectivity index (χ2v) is 9.18. The molecule has 4 nitrogen and oxygen atoms in total. The first kappa shape index (κ1) is 21.5. The van der Waals surface area contributed by atoms with Gasteiger partial charge in [-0.1, -0.05) is 29.8 Å². The summed E-state index contributed by atoms with van der Waals surface area (Å²) in [6.07, 6.45) is 1.94. The summed E-state index contributed by atoms with van der Waals surface area (Å²) in [5.41, 5.74) is 8.58. The van der Waals surface area contributed by atoms with Gasteiger partial charge in [0.15, 0.2) is 5.17 Å². The third-order valence-corrected chi connectivity index (χ3v) is 7.01. The molecule has 1 amide bonds. The van der Waals surface area contributed by atoms with Crippen molar-refractivity contribution in [2.24, 2.45) is 4.99 Å². The number of halogens is 1. The maximum absolute atomic E-state index is 12.6. The predicted octanol–water partition coefficient (Wildman–Crippen LogP) is 6.56. The van der Waals surface area contributed by atoms with Gasteiger partial charge in [0, 0.05) is 22.1 Å². The van der Waals surface area contributed by atoms with Gasteiger partial charge in [-0.25, -0.2) is 4.99 Å². The summed E-state index contributed by atoms with van der Waals surface area (Å²) in [6, 6.07) is 14.0. The van der Waals surface area contributed by atoms with E-state index in [2.05, 4.69) is 66.8 Å². The van der Waals surface area contributed by atoms with Gasteiger partial charge in [0.2, 0.25) is 0 Å². The van der Waals surface area contributed by atoms with Crippen molar-refractivity contribution in [3.8, 4) is 5.69 Å². The normalized spacial score (nSPS) is 16.4. The summed E-state index contributed by atoms with van der Waals surface area (Å²) in [5, 5.41) is 4.08. The molecule has 0 bridgehead atoms. The van der Waals surface area contributed by atoms with Crippen molar-refractivity contribution in [2.75, 3.05) is 0 Å². The number of nitrogens with one attached hydrogen (secondary N) is 1. The topological polar surface area (TPSA) is 46.4 Å². The molecule has 0 radical (unpaired) electrons. The highest BCUT2D eigenvalue weighted by molar-refractivity contribution is 8.18. The lowest BCUT2D eigenvalue weighted by Gasteiger charge is -2.14. The molecule has 2 aromatic carbocycles. The number of thioether (sulfide) groups is 1. The molecule has 2 heterocycles. The minimum absolute atomic E-state index is 0.139. The van der Waals surface area contributed by atoms with Crippen LogP contribution >= 0.6 is 23.4 Å². The Balaban J connectivity index is 1.68. The zero-order valence-corrected chi connectivity index (χ0v) is 19.8. The fourth-order valence-electron chi connectivity index (χ4n) is 3.73. The first-order valence-corrected chi connectivity index (χ1v) is 11.3. The molecule has 1 N–H and O–H groups in total. The third kappa shape index (κ3) is 4.08. The van der Waals surface area contributed by atoms with Crippen molar-refractivity contribution in [1.29, 1.82) is 0 Å². The van der Waals surface area contributed by atoms with E-state index in [1.807, 2.05) is 31.2 Å². The van der Waals surface area contributed by atoms with E-state index in [0.29, 0.717) is 15.1 Å². The molecule has 158 valence electrons. The van der Waals surface area contributed by atoms with Gasteiger partial charge in [-0.05, 0) is 99.0 Å². The monoisotopic (exact) mass is 449 g/mol. The van der Waals surface area contributed by atoms with Crippen LogP contribution in [0.1, 0.15) is 33.6 Å². The summed E-state index contributed by atoms with van der Waals surface area (Å²) < 4.78 is 2.25. The van der Waals surface area contributed by atoms with E-state index in [4.69, 9.17) is 11.6 Å². The molecule has 1 aliphatic rings. The average molecular weight is 450 g/mol. The standard InChI is InChI=1S/C25H24ClN3OS/c1-14-8-6-11-22(16(14)3)29-15(2)12-19(18(29)5)13-23-24(30)28-25(31-23)27-21-10-7-9-20(26)17(21)4/h6-13H,1-5H3,(H,27,28,30)/b23-13-. The van der Waals surface area contributed by atoms with E-state index < -0.39 is 0 Å². The van der Waals surface area contributed by atoms with Crippen molar-refractivity contribution in [3.63, 3.8) is 0 Å². The highest BCUT2D eigenvalue weighted by Crippen LogP contribution is 2.33.